The van der Waals surface area contributed by atoms with Gasteiger partial charge in [0.15, 0.2) is 0 Å². The summed E-state index contributed by atoms with van der Waals surface area (Å²) in [6.07, 6.45) is 2.32. The van der Waals surface area contributed by atoms with E-state index in [2.05, 4.69) is 6.58 Å². The third-order valence-corrected chi connectivity index (χ3v) is 2.22. The lowest BCUT2D eigenvalue weighted by Crippen LogP contribution is -2.19. The van der Waals surface area contributed by atoms with Crippen LogP contribution in [-0.4, -0.2) is 5.11 Å². The summed E-state index contributed by atoms with van der Waals surface area (Å²) in [6, 6.07) is 7.93. The summed E-state index contributed by atoms with van der Waals surface area (Å²) in [5, 5.41) is 10.0. The van der Waals surface area contributed by atoms with E-state index >= 15 is 0 Å². The van der Waals surface area contributed by atoms with E-state index in [9.17, 15) is 5.11 Å². The zero-order chi connectivity index (χ0) is 9.90. The molecule has 1 N–H and O–H groups in total. The molecule has 0 aliphatic heterocycles. The molecule has 1 nitrogen and oxygen atoms in total. The molecule has 0 bridgehead atoms. The summed E-state index contributed by atoms with van der Waals surface area (Å²) < 4.78 is 0. The fourth-order valence-electron chi connectivity index (χ4n) is 1.31. The molecule has 1 rings (SSSR count). The molecule has 0 saturated carbocycles. The average molecular weight is 176 g/mol. The van der Waals surface area contributed by atoms with Crippen LogP contribution in [0.4, 0.5) is 0 Å². The molecule has 1 heteroatoms. The minimum atomic E-state index is -0.782. The van der Waals surface area contributed by atoms with E-state index in [1.165, 1.54) is 5.56 Å². The van der Waals surface area contributed by atoms with Crippen LogP contribution in [0.5, 0.6) is 0 Å². The van der Waals surface area contributed by atoms with Gasteiger partial charge in [-0.3, -0.25) is 0 Å². The van der Waals surface area contributed by atoms with Gasteiger partial charge in [-0.25, -0.2) is 0 Å². The highest BCUT2D eigenvalue weighted by Crippen LogP contribution is 2.24. The van der Waals surface area contributed by atoms with Crippen LogP contribution in [0, 0.1) is 6.92 Å². The molecule has 0 fully saturated rings. The molecular formula is C12H16O. The van der Waals surface area contributed by atoms with E-state index in [-0.39, 0.29) is 0 Å². The highest BCUT2D eigenvalue weighted by molar-refractivity contribution is 5.26. The number of rotatable bonds is 3. The highest BCUT2D eigenvalue weighted by Gasteiger charge is 2.20. The van der Waals surface area contributed by atoms with Gasteiger partial charge in [0.25, 0.3) is 0 Å². The second-order valence-corrected chi connectivity index (χ2v) is 3.63. The van der Waals surface area contributed by atoms with Gasteiger partial charge >= 0.3 is 0 Å². The highest BCUT2D eigenvalue weighted by atomic mass is 16.3. The zero-order valence-corrected chi connectivity index (χ0v) is 8.25. The van der Waals surface area contributed by atoms with Gasteiger partial charge in [0.2, 0.25) is 0 Å². The van der Waals surface area contributed by atoms with Crippen LogP contribution in [0.25, 0.3) is 0 Å². The quantitative estimate of drug-likeness (QED) is 0.702. The van der Waals surface area contributed by atoms with Gasteiger partial charge < -0.3 is 5.11 Å². The maximum atomic E-state index is 10.0. The lowest BCUT2D eigenvalue weighted by atomic mass is 9.92. The predicted octanol–water partition coefficient (Wildman–Crippen LogP) is 2.78. The first kappa shape index (κ1) is 10.0. The second kappa shape index (κ2) is 3.75. The van der Waals surface area contributed by atoms with E-state index in [1.807, 2.05) is 31.2 Å². The Morgan fingerprint density at radius 2 is 1.92 bits per heavy atom. The summed E-state index contributed by atoms with van der Waals surface area (Å²) in [7, 11) is 0. The molecule has 0 saturated heterocycles. The van der Waals surface area contributed by atoms with Crippen LogP contribution < -0.4 is 0 Å². The SMILES string of the molecule is C=CC[C@](C)(O)c1ccc(C)cc1. The maximum Gasteiger partial charge on any atom is 0.0902 e. The maximum absolute atomic E-state index is 10.0. The average Bonchev–Trinajstić information content (AvgIpc) is 2.05. The molecule has 1 atom stereocenters. The number of aliphatic hydroxyl groups is 1. The van der Waals surface area contributed by atoms with Crippen molar-refractivity contribution >= 4 is 0 Å². The van der Waals surface area contributed by atoms with Crippen molar-refractivity contribution in [3.8, 4) is 0 Å². The molecule has 1 aromatic rings. The molecule has 13 heavy (non-hydrogen) atoms. The zero-order valence-electron chi connectivity index (χ0n) is 8.25. The van der Waals surface area contributed by atoms with Gasteiger partial charge in [0.1, 0.15) is 0 Å². The van der Waals surface area contributed by atoms with Crippen molar-refractivity contribution in [1.29, 1.82) is 0 Å². The standard InChI is InChI=1S/C12H16O/c1-4-9-12(3,13)11-7-5-10(2)6-8-11/h4-8,13H,1,9H2,2-3H3/t12-/m0/s1. The molecule has 0 spiro atoms. The van der Waals surface area contributed by atoms with Crippen LogP contribution in [0.1, 0.15) is 24.5 Å². The predicted molar refractivity (Wildman–Crippen MR) is 55.6 cm³/mol. The number of hydrogen-bond acceptors (Lipinski definition) is 1. The van der Waals surface area contributed by atoms with Gasteiger partial charge in [-0.2, -0.15) is 0 Å². The molecule has 0 aromatic heterocycles. The summed E-state index contributed by atoms with van der Waals surface area (Å²) in [5.41, 5.74) is 1.37. The molecule has 0 amide bonds. The lowest BCUT2D eigenvalue weighted by molar-refractivity contribution is 0.0606. The third kappa shape index (κ3) is 2.43. The normalized spacial score (nSPS) is 15.0. The topological polar surface area (TPSA) is 20.2 Å². The van der Waals surface area contributed by atoms with E-state index < -0.39 is 5.60 Å². The monoisotopic (exact) mass is 176 g/mol. The van der Waals surface area contributed by atoms with Gasteiger partial charge in [-0.05, 0) is 25.8 Å². The van der Waals surface area contributed by atoms with Crippen LogP contribution in [-0.2, 0) is 5.60 Å². The van der Waals surface area contributed by atoms with Crippen LogP contribution in [0.3, 0.4) is 0 Å². The second-order valence-electron chi connectivity index (χ2n) is 3.63. The Balaban J connectivity index is 2.93. The van der Waals surface area contributed by atoms with Crippen molar-refractivity contribution in [1.82, 2.24) is 0 Å². The van der Waals surface area contributed by atoms with Gasteiger partial charge in [-0.1, -0.05) is 35.9 Å². The Labute approximate surface area is 79.7 Å². The lowest BCUT2D eigenvalue weighted by Gasteiger charge is -2.22. The number of aryl methyl sites for hydroxylation is 1. The summed E-state index contributed by atoms with van der Waals surface area (Å²) in [5.74, 6) is 0. The Bertz CT molecular complexity index is 282. The van der Waals surface area contributed by atoms with E-state index in [0.29, 0.717) is 6.42 Å². The molecule has 70 valence electrons. The Morgan fingerprint density at radius 1 is 1.38 bits per heavy atom. The Hall–Kier alpha value is -1.08. The molecule has 0 aliphatic carbocycles. The minimum absolute atomic E-state index is 0.579. The summed E-state index contributed by atoms with van der Waals surface area (Å²) in [6.45, 7) is 7.47. The number of benzene rings is 1. The van der Waals surface area contributed by atoms with Crippen LogP contribution in [0.2, 0.25) is 0 Å². The fourth-order valence-corrected chi connectivity index (χ4v) is 1.31. The summed E-state index contributed by atoms with van der Waals surface area (Å²) in [4.78, 5) is 0. The van der Waals surface area contributed by atoms with Gasteiger partial charge in [0, 0.05) is 0 Å². The molecule has 0 heterocycles. The molecule has 0 radical (unpaired) electrons. The minimum Gasteiger partial charge on any atom is -0.385 e. The third-order valence-electron chi connectivity index (χ3n) is 2.22. The molecular weight excluding hydrogens is 160 g/mol. The Kier molecular flexibility index (Phi) is 2.89. The van der Waals surface area contributed by atoms with Gasteiger partial charge in [0.05, 0.1) is 5.60 Å². The number of hydrogen-bond donors (Lipinski definition) is 1. The van der Waals surface area contributed by atoms with E-state index in [0.717, 1.165) is 5.56 Å². The first-order valence-corrected chi connectivity index (χ1v) is 4.47. The van der Waals surface area contributed by atoms with Crippen molar-refractivity contribution in [2.24, 2.45) is 0 Å². The first-order valence-electron chi connectivity index (χ1n) is 4.47. The van der Waals surface area contributed by atoms with Crippen molar-refractivity contribution in [2.45, 2.75) is 25.9 Å². The smallest absolute Gasteiger partial charge is 0.0902 e. The van der Waals surface area contributed by atoms with Crippen molar-refractivity contribution in [3.63, 3.8) is 0 Å². The molecule has 0 unspecified atom stereocenters. The summed E-state index contributed by atoms with van der Waals surface area (Å²) >= 11 is 0. The first-order chi connectivity index (χ1) is 6.06. The van der Waals surface area contributed by atoms with Gasteiger partial charge in [-0.15, -0.1) is 6.58 Å². The molecule has 0 aliphatic rings. The van der Waals surface area contributed by atoms with Crippen LogP contribution >= 0.6 is 0 Å². The largest absolute Gasteiger partial charge is 0.385 e. The molecule has 1 aromatic carbocycles. The van der Waals surface area contributed by atoms with E-state index in [1.54, 1.807) is 13.0 Å². The van der Waals surface area contributed by atoms with Crippen molar-refractivity contribution in [3.05, 3.63) is 48.0 Å². The fraction of sp³-hybridized carbons (Fsp3) is 0.333. The van der Waals surface area contributed by atoms with Crippen LogP contribution in [0.15, 0.2) is 36.9 Å². The van der Waals surface area contributed by atoms with Crippen molar-refractivity contribution < 1.29 is 5.11 Å². The van der Waals surface area contributed by atoms with Crippen molar-refractivity contribution in [2.75, 3.05) is 0 Å². The Morgan fingerprint density at radius 3 is 2.38 bits per heavy atom. The van der Waals surface area contributed by atoms with E-state index in [4.69, 9.17) is 0 Å².